The summed E-state index contributed by atoms with van der Waals surface area (Å²) in [6, 6.07) is 8.73. The minimum absolute atomic E-state index is 0.459. The fourth-order valence-electron chi connectivity index (χ4n) is 2.40. The summed E-state index contributed by atoms with van der Waals surface area (Å²) in [7, 11) is 0. The Labute approximate surface area is 143 Å². The van der Waals surface area contributed by atoms with Gasteiger partial charge in [0.15, 0.2) is 0 Å². The molecule has 0 unspecified atom stereocenters. The fraction of sp³-hybridized carbons (Fsp3) is 0.438. The molecule has 1 aliphatic carbocycles. The van der Waals surface area contributed by atoms with Crippen LogP contribution in [0.15, 0.2) is 33.9 Å². The van der Waals surface area contributed by atoms with E-state index in [1.807, 2.05) is 16.8 Å². The molecule has 0 amide bonds. The first-order valence-corrected chi connectivity index (χ1v) is 9.03. The Bertz CT molecular complexity index is 821. The maximum atomic E-state index is 5.35. The van der Waals surface area contributed by atoms with E-state index in [9.17, 15) is 0 Å². The Morgan fingerprint density at radius 3 is 2.75 bits per heavy atom. The molecule has 0 saturated heterocycles. The summed E-state index contributed by atoms with van der Waals surface area (Å²) in [4.78, 5) is 4.47. The molecule has 2 aromatic heterocycles. The molecule has 0 atom stereocenters. The summed E-state index contributed by atoms with van der Waals surface area (Å²) in [6.07, 6.45) is 2.30. The van der Waals surface area contributed by atoms with Crippen LogP contribution in [0.4, 0.5) is 0 Å². The van der Waals surface area contributed by atoms with Gasteiger partial charge in [-0.15, -0.1) is 5.10 Å². The van der Waals surface area contributed by atoms with Crippen molar-refractivity contribution in [2.24, 2.45) is 0 Å². The average molecular weight is 342 g/mol. The number of hydrogen-bond donors (Lipinski definition) is 0. The molecule has 4 rings (SSSR count). The molecule has 3 aromatic rings. The van der Waals surface area contributed by atoms with Crippen molar-refractivity contribution >= 4 is 11.8 Å². The normalized spacial score (nSPS) is 14.5. The lowest BCUT2D eigenvalue weighted by Gasteiger charge is -2.04. The van der Waals surface area contributed by atoms with E-state index in [1.165, 1.54) is 17.3 Å². The zero-order valence-corrected chi connectivity index (χ0v) is 14.4. The van der Waals surface area contributed by atoms with Gasteiger partial charge in [-0.3, -0.25) is 0 Å². The third-order valence-corrected chi connectivity index (χ3v) is 4.90. The summed E-state index contributed by atoms with van der Waals surface area (Å²) >= 11 is 1.52. The van der Waals surface area contributed by atoms with Crippen LogP contribution in [0.2, 0.25) is 0 Å². The Morgan fingerprint density at radius 1 is 1.25 bits per heavy atom. The van der Waals surface area contributed by atoms with Crippen molar-refractivity contribution in [1.29, 1.82) is 0 Å². The molecular weight excluding hydrogens is 324 g/mol. The summed E-state index contributed by atoms with van der Waals surface area (Å²) in [6.45, 7) is 4.35. The number of tetrazole rings is 1. The van der Waals surface area contributed by atoms with E-state index < -0.39 is 0 Å². The number of thioether (sulfide) groups is 1. The molecule has 1 aliphatic rings. The molecular formula is C16H18N6OS. The van der Waals surface area contributed by atoms with Crippen molar-refractivity contribution in [3.8, 4) is 11.4 Å². The lowest BCUT2D eigenvalue weighted by atomic mass is 10.0. The molecule has 0 bridgehead atoms. The minimum Gasteiger partial charge on any atom is -0.338 e. The van der Waals surface area contributed by atoms with Crippen LogP contribution in [-0.4, -0.2) is 30.3 Å². The van der Waals surface area contributed by atoms with Crippen molar-refractivity contribution in [1.82, 2.24) is 30.3 Å². The van der Waals surface area contributed by atoms with Gasteiger partial charge >= 0.3 is 0 Å². The molecule has 1 saturated carbocycles. The average Bonchev–Trinajstić information content (AvgIpc) is 3.14. The van der Waals surface area contributed by atoms with E-state index in [4.69, 9.17) is 4.52 Å². The van der Waals surface area contributed by atoms with Gasteiger partial charge in [-0.05, 0) is 34.7 Å². The van der Waals surface area contributed by atoms with Crippen LogP contribution in [-0.2, 0) is 5.75 Å². The molecule has 2 heterocycles. The number of nitrogens with zero attached hydrogens (tertiary/aromatic N) is 6. The van der Waals surface area contributed by atoms with E-state index in [2.05, 4.69) is 51.6 Å². The van der Waals surface area contributed by atoms with Gasteiger partial charge in [0.2, 0.25) is 16.9 Å². The highest BCUT2D eigenvalue weighted by Crippen LogP contribution is 2.36. The Balaban J connectivity index is 1.43. The van der Waals surface area contributed by atoms with E-state index >= 15 is 0 Å². The van der Waals surface area contributed by atoms with E-state index in [0.717, 1.165) is 23.6 Å². The standard InChI is InChI=1S/C16H18N6OS/c1-10(2)11-3-5-12(6-4-11)15-17-14(23-19-15)9-24-16-18-20-21-22(16)13-7-8-13/h3-6,10,13H,7-9H2,1-2H3. The van der Waals surface area contributed by atoms with Gasteiger partial charge in [-0.2, -0.15) is 4.98 Å². The predicted octanol–water partition coefficient (Wildman–Crippen LogP) is 3.47. The first kappa shape index (κ1) is 15.3. The summed E-state index contributed by atoms with van der Waals surface area (Å²) in [5.74, 6) is 2.26. The highest BCUT2D eigenvalue weighted by Gasteiger charge is 2.28. The van der Waals surface area contributed by atoms with Gasteiger partial charge in [0, 0.05) is 5.56 Å². The van der Waals surface area contributed by atoms with Crippen LogP contribution in [0.3, 0.4) is 0 Å². The lowest BCUT2D eigenvalue weighted by Crippen LogP contribution is -1.98. The van der Waals surface area contributed by atoms with Crippen molar-refractivity contribution in [3.05, 3.63) is 35.7 Å². The molecule has 8 heteroatoms. The summed E-state index contributed by atoms with van der Waals surface area (Å²) < 4.78 is 7.23. The van der Waals surface area contributed by atoms with Gasteiger partial charge in [0.25, 0.3) is 0 Å². The second kappa shape index (κ2) is 6.35. The molecule has 7 nitrogen and oxygen atoms in total. The maximum absolute atomic E-state index is 5.35. The van der Waals surface area contributed by atoms with E-state index in [1.54, 1.807) is 0 Å². The van der Waals surface area contributed by atoms with Gasteiger partial charge in [-0.1, -0.05) is 55.0 Å². The van der Waals surface area contributed by atoms with Crippen LogP contribution >= 0.6 is 11.8 Å². The highest BCUT2D eigenvalue weighted by atomic mass is 32.2. The van der Waals surface area contributed by atoms with Crippen molar-refractivity contribution in [2.75, 3.05) is 0 Å². The number of hydrogen-bond acceptors (Lipinski definition) is 7. The predicted molar refractivity (Wildman–Crippen MR) is 89.5 cm³/mol. The zero-order valence-electron chi connectivity index (χ0n) is 13.6. The van der Waals surface area contributed by atoms with Gasteiger partial charge in [0.05, 0.1) is 11.8 Å². The zero-order chi connectivity index (χ0) is 16.5. The summed E-state index contributed by atoms with van der Waals surface area (Å²) in [5.41, 5.74) is 2.26. The lowest BCUT2D eigenvalue weighted by molar-refractivity contribution is 0.391. The second-order valence-corrected chi connectivity index (χ2v) is 7.16. The van der Waals surface area contributed by atoms with Crippen molar-refractivity contribution < 1.29 is 4.52 Å². The quantitative estimate of drug-likeness (QED) is 0.634. The Hall–Kier alpha value is -2.22. The molecule has 0 N–H and O–H groups in total. The first-order valence-electron chi connectivity index (χ1n) is 8.04. The molecule has 124 valence electrons. The largest absolute Gasteiger partial charge is 0.338 e. The second-order valence-electron chi connectivity index (χ2n) is 6.21. The topological polar surface area (TPSA) is 82.5 Å². The van der Waals surface area contributed by atoms with Crippen molar-refractivity contribution in [2.45, 2.75) is 49.6 Å². The number of benzene rings is 1. The van der Waals surface area contributed by atoms with E-state index in [-0.39, 0.29) is 0 Å². The molecule has 0 aliphatic heterocycles. The van der Waals surface area contributed by atoms with Crippen LogP contribution in [0, 0.1) is 0 Å². The molecule has 1 fully saturated rings. The Kier molecular flexibility index (Phi) is 4.05. The first-order chi connectivity index (χ1) is 11.7. The van der Waals surface area contributed by atoms with Crippen molar-refractivity contribution in [3.63, 3.8) is 0 Å². The van der Waals surface area contributed by atoms with Crippen LogP contribution in [0.25, 0.3) is 11.4 Å². The highest BCUT2D eigenvalue weighted by molar-refractivity contribution is 7.98. The third kappa shape index (κ3) is 3.19. The summed E-state index contributed by atoms with van der Waals surface area (Å²) in [5, 5.41) is 16.7. The Morgan fingerprint density at radius 2 is 2.04 bits per heavy atom. The molecule has 0 radical (unpaired) electrons. The van der Waals surface area contributed by atoms with Crippen LogP contribution < -0.4 is 0 Å². The number of rotatable bonds is 6. The van der Waals surface area contributed by atoms with Crippen LogP contribution in [0.5, 0.6) is 0 Å². The SMILES string of the molecule is CC(C)c1ccc(-c2noc(CSc3nnnn3C3CC3)n2)cc1. The molecule has 0 spiro atoms. The molecule has 24 heavy (non-hydrogen) atoms. The maximum Gasteiger partial charge on any atom is 0.237 e. The smallest absolute Gasteiger partial charge is 0.237 e. The number of aromatic nitrogens is 6. The van der Waals surface area contributed by atoms with Gasteiger partial charge in [0.1, 0.15) is 0 Å². The monoisotopic (exact) mass is 342 g/mol. The van der Waals surface area contributed by atoms with E-state index in [0.29, 0.717) is 29.4 Å². The van der Waals surface area contributed by atoms with Crippen LogP contribution in [0.1, 0.15) is 50.1 Å². The van der Waals surface area contributed by atoms with Gasteiger partial charge in [-0.25, -0.2) is 4.68 Å². The molecule has 1 aromatic carbocycles. The fourth-order valence-corrected chi connectivity index (χ4v) is 3.18. The third-order valence-electron chi connectivity index (χ3n) is 3.98. The minimum atomic E-state index is 0.459. The van der Waals surface area contributed by atoms with Gasteiger partial charge < -0.3 is 4.52 Å².